The van der Waals surface area contributed by atoms with Crippen LogP contribution in [0.1, 0.15) is 165 Å². The van der Waals surface area contributed by atoms with Gasteiger partial charge in [-0.3, -0.25) is 4.79 Å². The number of amides is 1. The Labute approximate surface area is 278 Å². The largest absolute Gasteiger partial charge is 0.366 e. The predicted octanol–water partition coefficient (Wildman–Crippen LogP) is 12.9. The standard InChI is InChI=1S/C26H33FN2O.C8H18.C5H12.C2H6/c1-5-21-22(13-16(3)24(26(28)30)25(21)29-6-2)20-14-19(17(4)23(27)15-20)12-8-11-18-9-7-10-18;1-3-5-7-8-6-4-2;1-4-5(2)3;1-2/h6,13-15,18,29H,2,5,7-12H2,1,3-4H3,(H2,28,30);3-8H2,1-2H3;5H,4H2,1-3H3;1-2H3. The van der Waals surface area contributed by atoms with E-state index in [1.165, 1.54) is 70.6 Å². The fourth-order valence-corrected chi connectivity index (χ4v) is 5.43. The lowest BCUT2D eigenvalue weighted by Gasteiger charge is -2.25. The molecule has 1 aliphatic rings. The molecule has 3 rings (SSSR count). The molecule has 0 aliphatic heterocycles. The van der Waals surface area contributed by atoms with Crippen molar-refractivity contribution in [1.29, 1.82) is 0 Å². The van der Waals surface area contributed by atoms with Crippen molar-refractivity contribution in [2.75, 3.05) is 5.32 Å². The molecule has 1 saturated carbocycles. The molecule has 2 aromatic rings. The minimum Gasteiger partial charge on any atom is -0.366 e. The first-order valence-electron chi connectivity index (χ1n) is 18.2. The number of unbranched alkanes of at least 4 members (excludes halogenated alkanes) is 5. The number of nitrogens with one attached hydrogen (secondary N) is 1. The van der Waals surface area contributed by atoms with Gasteiger partial charge in [-0.2, -0.15) is 0 Å². The molecule has 256 valence electrons. The van der Waals surface area contributed by atoms with E-state index in [0.29, 0.717) is 17.7 Å². The monoisotopic (exact) mass is 625 g/mol. The van der Waals surface area contributed by atoms with Gasteiger partial charge in [0.05, 0.1) is 11.3 Å². The van der Waals surface area contributed by atoms with Gasteiger partial charge in [-0.05, 0) is 90.6 Å². The Morgan fingerprint density at radius 3 is 2.00 bits per heavy atom. The molecule has 0 aromatic heterocycles. The highest BCUT2D eigenvalue weighted by atomic mass is 19.1. The molecular weight excluding hydrogens is 555 g/mol. The number of hydrogen-bond donors (Lipinski definition) is 2. The molecule has 0 unspecified atom stereocenters. The maximum absolute atomic E-state index is 14.9. The summed E-state index contributed by atoms with van der Waals surface area (Å²) in [5.41, 5.74) is 12.1. The molecule has 4 heteroatoms. The van der Waals surface area contributed by atoms with Gasteiger partial charge in [-0.15, -0.1) is 0 Å². The lowest BCUT2D eigenvalue weighted by Crippen LogP contribution is -2.17. The second-order valence-electron chi connectivity index (χ2n) is 12.7. The number of anilines is 1. The third kappa shape index (κ3) is 15.0. The molecule has 0 atom stereocenters. The number of carbonyl (C=O) groups is 1. The summed E-state index contributed by atoms with van der Waals surface area (Å²) in [6.07, 6.45) is 19.3. The van der Waals surface area contributed by atoms with Crippen LogP contribution < -0.4 is 11.1 Å². The number of nitrogens with two attached hydrogens (primary N) is 1. The second-order valence-corrected chi connectivity index (χ2v) is 12.7. The van der Waals surface area contributed by atoms with Crippen LogP contribution >= 0.6 is 0 Å². The molecule has 0 saturated heterocycles. The lowest BCUT2D eigenvalue weighted by atomic mass is 9.81. The molecule has 1 fully saturated rings. The molecule has 2 aromatic carbocycles. The van der Waals surface area contributed by atoms with Crippen LogP contribution in [-0.2, 0) is 12.8 Å². The van der Waals surface area contributed by atoms with Gasteiger partial charge in [-0.25, -0.2) is 4.39 Å². The van der Waals surface area contributed by atoms with Crippen molar-refractivity contribution in [2.24, 2.45) is 17.6 Å². The minimum atomic E-state index is -0.482. The van der Waals surface area contributed by atoms with Crippen molar-refractivity contribution in [1.82, 2.24) is 0 Å². The van der Waals surface area contributed by atoms with Crippen LogP contribution in [0.15, 0.2) is 31.0 Å². The van der Waals surface area contributed by atoms with Crippen LogP contribution in [0.4, 0.5) is 10.1 Å². The summed E-state index contributed by atoms with van der Waals surface area (Å²) in [5, 5.41) is 3.10. The normalized spacial score (nSPS) is 12.1. The molecule has 3 N–H and O–H groups in total. The molecule has 0 heterocycles. The first-order valence-corrected chi connectivity index (χ1v) is 18.2. The predicted molar refractivity (Wildman–Crippen MR) is 199 cm³/mol. The SMILES string of the molecule is C=CNc1c(CC)c(-c2cc(F)c(C)c(CCCC3CCC3)c2)cc(C)c1C(N)=O.CC.CCC(C)C.CCCCCCCC. The highest BCUT2D eigenvalue weighted by Gasteiger charge is 2.21. The van der Waals surface area contributed by atoms with Gasteiger partial charge in [0.15, 0.2) is 0 Å². The number of halogens is 1. The smallest absolute Gasteiger partial charge is 0.251 e. The molecule has 3 nitrogen and oxygen atoms in total. The number of aryl methyl sites for hydroxylation is 2. The summed E-state index contributed by atoms with van der Waals surface area (Å²) in [5.74, 6) is 1.09. The number of hydrogen-bond acceptors (Lipinski definition) is 2. The van der Waals surface area contributed by atoms with E-state index >= 15 is 0 Å². The summed E-state index contributed by atoms with van der Waals surface area (Å²) in [7, 11) is 0. The molecule has 1 aliphatic carbocycles. The molecule has 0 bridgehead atoms. The zero-order valence-corrected chi connectivity index (χ0v) is 30.9. The highest BCUT2D eigenvalue weighted by molar-refractivity contribution is 6.02. The highest BCUT2D eigenvalue weighted by Crippen LogP contribution is 2.37. The summed E-state index contributed by atoms with van der Waals surface area (Å²) in [6.45, 7) is 24.6. The van der Waals surface area contributed by atoms with Crippen molar-refractivity contribution >= 4 is 11.6 Å². The lowest BCUT2D eigenvalue weighted by molar-refractivity contribution is 0.100. The van der Waals surface area contributed by atoms with Crippen molar-refractivity contribution in [3.63, 3.8) is 0 Å². The minimum absolute atomic E-state index is 0.178. The van der Waals surface area contributed by atoms with Gasteiger partial charge in [0.2, 0.25) is 0 Å². The van der Waals surface area contributed by atoms with E-state index in [-0.39, 0.29) is 5.82 Å². The van der Waals surface area contributed by atoms with Gasteiger partial charge >= 0.3 is 0 Å². The van der Waals surface area contributed by atoms with Gasteiger partial charge in [0.1, 0.15) is 5.82 Å². The Balaban J connectivity index is 0.00000108. The number of carbonyl (C=O) groups excluding carboxylic acids is 1. The summed E-state index contributed by atoms with van der Waals surface area (Å²) in [4.78, 5) is 12.1. The molecule has 1 amide bonds. The van der Waals surface area contributed by atoms with Crippen molar-refractivity contribution < 1.29 is 9.18 Å². The Morgan fingerprint density at radius 1 is 1.00 bits per heavy atom. The molecular formula is C41H69FN2O. The van der Waals surface area contributed by atoms with Crippen molar-refractivity contribution in [3.8, 4) is 11.1 Å². The first-order chi connectivity index (χ1) is 21.6. The van der Waals surface area contributed by atoms with E-state index in [0.717, 1.165) is 58.1 Å². The second kappa shape index (κ2) is 24.6. The Morgan fingerprint density at radius 2 is 1.58 bits per heavy atom. The topological polar surface area (TPSA) is 55.1 Å². The van der Waals surface area contributed by atoms with E-state index in [1.807, 2.05) is 40.7 Å². The van der Waals surface area contributed by atoms with Crippen LogP contribution in [-0.4, -0.2) is 5.91 Å². The van der Waals surface area contributed by atoms with E-state index in [2.05, 4.69) is 52.6 Å². The average molecular weight is 625 g/mol. The van der Waals surface area contributed by atoms with E-state index < -0.39 is 5.91 Å². The molecule has 0 radical (unpaired) electrons. The third-order valence-corrected chi connectivity index (χ3v) is 8.80. The van der Waals surface area contributed by atoms with E-state index in [9.17, 15) is 9.18 Å². The van der Waals surface area contributed by atoms with Crippen LogP contribution in [0.3, 0.4) is 0 Å². The van der Waals surface area contributed by atoms with Crippen molar-refractivity contribution in [3.05, 3.63) is 64.6 Å². The van der Waals surface area contributed by atoms with E-state index in [1.54, 1.807) is 12.3 Å². The van der Waals surface area contributed by atoms with Gasteiger partial charge in [-0.1, -0.05) is 145 Å². The average Bonchev–Trinajstić information content (AvgIpc) is 3.00. The number of benzene rings is 2. The zero-order chi connectivity index (χ0) is 34.4. The maximum Gasteiger partial charge on any atom is 0.251 e. The fourth-order valence-electron chi connectivity index (χ4n) is 5.43. The van der Waals surface area contributed by atoms with Crippen LogP contribution in [0.5, 0.6) is 0 Å². The number of primary amides is 1. The molecule has 45 heavy (non-hydrogen) atoms. The summed E-state index contributed by atoms with van der Waals surface area (Å²) >= 11 is 0. The third-order valence-electron chi connectivity index (χ3n) is 8.80. The number of rotatable bonds is 15. The zero-order valence-electron chi connectivity index (χ0n) is 30.9. The molecule has 0 spiro atoms. The van der Waals surface area contributed by atoms with Gasteiger partial charge < -0.3 is 11.1 Å². The Bertz CT molecular complexity index is 1110. The summed E-state index contributed by atoms with van der Waals surface area (Å²) < 4.78 is 14.9. The maximum atomic E-state index is 14.9. The van der Waals surface area contributed by atoms with Gasteiger partial charge in [0.25, 0.3) is 5.91 Å². The Kier molecular flexibility index (Phi) is 23.2. The first kappa shape index (κ1) is 42.4. The Hall–Kier alpha value is -2.62. The van der Waals surface area contributed by atoms with E-state index in [4.69, 9.17) is 5.73 Å². The fraction of sp³-hybridized carbons (Fsp3) is 0.634. The quantitative estimate of drug-likeness (QED) is 0.194. The summed E-state index contributed by atoms with van der Waals surface area (Å²) in [6, 6.07) is 5.69. The van der Waals surface area contributed by atoms with Gasteiger partial charge in [0, 0.05) is 0 Å². The van der Waals surface area contributed by atoms with Crippen molar-refractivity contribution in [2.45, 2.75) is 159 Å². The van der Waals surface area contributed by atoms with Crippen LogP contribution in [0, 0.1) is 31.5 Å². The van der Waals surface area contributed by atoms with Crippen LogP contribution in [0.2, 0.25) is 0 Å². The van der Waals surface area contributed by atoms with Crippen LogP contribution in [0.25, 0.3) is 11.1 Å².